The summed E-state index contributed by atoms with van der Waals surface area (Å²) in [4.78, 5) is 13.0. The number of anilines is 1. The summed E-state index contributed by atoms with van der Waals surface area (Å²) in [5.74, 6) is -0.472. The molecule has 0 radical (unpaired) electrons. The molecule has 0 unspecified atom stereocenters. The third-order valence-corrected chi connectivity index (χ3v) is 7.27. The average molecular weight is 451 g/mol. The average Bonchev–Trinajstić information content (AvgIpc) is 2.69. The standard InChI is InChI=1S/C20H23BrN2O3S/c1-2-15-6-3-4-8-19(15)22-20(24)16-7-5-13-23(14-16)27(25,26)18-11-9-17(21)10-12-18/h3-4,6,8-12,16H,2,5,7,13-14H2,1H3,(H,22,24)/t16-/m0/s1. The summed E-state index contributed by atoms with van der Waals surface area (Å²) in [6, 6.07) is 14.3. The highest BCUT2D eigenvalue weighted by Crippen LogP contribution is 2.26. The van der Waals surface area contributed by atoms with Crippen molar-refractivity contribution >= 4 is 37.5 Å². The molecule has 1 atom stereocenters. The number of nitrogens with zero attached hydrogens (tertiary/aromatic N) is 1. The molecule has 1 aliphatic heterocycles. The molecular weight excluding hydrogens is 428 g/mol. The highest BCUT2D eigenvalue weighted by atomic mass is 79.9. The summed E-state index contributed by atoms with van der Waals surface area (Å²) in [7, 11) is -3.60. The van der Waals surface area contributed by atoms with Crippen LogP contribution < -0.4 is 5.32 Å². The van der Waals surface area contributed by atoms with Crippen molar-refractivity contribution in [3.63, 3.8) is 0 Å². The molecular formula is C20H23BrN2O3S. The van der Waals surface area contributed by atoms with Crippen molar-refractivity contribution in [2.75, 3.05) is 18.4 Å². The molecule has 0 saturated carbocycles. The van der Waals surface area contributed by atoms with E-state index in [9.17, 15) is 13.2 Å². The van der Waals surface area contributed by atoms with Crippen LogP contribution in [0.4, 0.5) is 5.69 Å². The van der Waals surface area contributed by atoms with E-state index in [0.717, 1.165) is 22.1 Å². The summed E-state index contributed by atoms with van der Waals surface area (Å²) in [6.07, 6.45) is 2.18. The number of hydrogen-bond donors (Lipinski definition) is 1. The fraction of sp³-hybridized carbons (Fsp3) is 0.350. The maximum absolute atomic E-state index is 12.9. The van der Waals surface area contributed by atoms with Gasteiger partial charge in [-0.25, -0.2) is 8.42 Å². The van der Waals surface area contributed by atoms with Crippen LogP contribution in [0.25, 0.3) is 0 Å². The zero-order valence-corrected chi connectivity index (χ0v) is 17.6. The predicted molar refractivity (Wildman–Crippen MR) is 110 cm³/mol. The van der Waals surface area contributed by atoms with Gasteiger partial charge in [-0.3, -0.25) is 4.79 Å². The molecule has 0 spiro atoms. The lowest BCUT2D eigenvalue weighted by Crippen LogP contribution is -2.43. The number of amides is 1. The molecule has 1 aliphatic rings. The summed E-state index contributed by atoms with van der Waals surface area (Å²) in [6.45, 7) is 2.68. The first-order valence-electron chi connectivity index (χ1n) is 9.06. The summed E-state index contributed by atoms with van der Waals surface area (Å²) >= 11 is 3.32. The van der Waals surface area contributed by atoms with E-state index in [4.69, 9.17) is 0 Å². The molecule has 1 amide bonds. The van der Waals surface area contributed by atoms with Crippen molar-refractivity contribution < 1.29 is 13.2 Å². The minimum absolute atomic E-state index is 0.119. The number of benzene rings is 2. The maximum Gasteiger partial charge on any atom is 0.243 e. The van der Waals surface area contributed by atoms with E-state index in [1.54, 1.807) is 24.3 Å². The van der Waals surface area contributed by atoms with Crippen LogP contribution in [-0.4, -0.2) is 31.7 Å². The van der Waals surface area contributed by atoms with E-state index >= 15 is 0 Å². The molecule has 7 heteroatoms. The van der Waals surface area contributed by atoms with Gasteiger partial charge in [0, 0.05) is 23.2 Å². The molecule has 144 valence electrons. The fourth-order valence-electron chi connectivity index (χ4n) is 3.32. The third kappa shape index (κ3) is 4.59. The van der Waals surface area contributed by atoms with Crippen molar-refractivity contribution in [3.8, 4) is 0 Å². The molecule has 2 aromatic rings. The zero-order valence-electron chi connectivity index (χ0n) is 15.2. The Kier molecular flexibility index (Phi) is 6.34. The van der Waals surface area contributed by atoms with Crippen LogP contribution in [0.5, 0.6) is 0 Å². The monoisotopic (exact) mass is 450 g/mol. The Balaban J connectivity index is 1.73. The van der Waals surface area contributed by atoms with Crippen molar-refractivity contribution in [2.45, 2.75) is 31.1 Å². The van der Waals surface area contributed by atoms with E-state index in [-0.39, 0.29) is 23.3 Å². The SMILES string of the molecule is CCc1ccccc1NC(=O)[C@H]1CCCN(S(=O)(=O)c2ccc(Br)cc2)C1. The van der Waals surface area contributed by atoms with Gasteiger partial charge >= 0.3 is 0 Å². The van der Waals surface area contributed by atoms with Crippen molar-refractivity contribution in [1.29, 1.82) is 0 Å². The number of aryl methyl sites for hydroxylation is 1. The molecule has 1 saturated heterocycles. The van der Waals surface area contributed by atoms with Crippen LogP contribution in [0.3, 0.4) is 0 Å². The van der Waals surface area contributed by atoms with Crippen LogP contribution in [0, 0.1) is 5.92 Å². The highest BCUT2D eigenvalue weighted by Gasteiger charge is 2.33. The van der Waals surface area contributed by atoms with Crippen LogP contribution >= 0.6 is 15.9 Å². The van der Waals surface area contributed by atoms with Crippen LogP contribution in [0.1, 0.15) is 25.3 Å². The molecule has 5 nitrogen and oxygen atoms in total. The topological polar surface area (TPSA) is 66.5 Å². The molecule has 27 heavy (non-hydrogen) atoms. The van der Waals surface area contributed by atoms with Gasteiger partial charge in [0.05, 0.1) is 10.8 Å². The van der Waals surface area contributed by atoms with Gasteiger partial charge in [-0.15, -0.1) is 0 Å². The van der Waals surface area contributed by atoms with E-state index in [0.29, 0.717) is 19.4 Å². The van der Waals surface area contributed by atoms with Crippen molar-refractivity contribution in [2.24, 2.45) is 5.92 Å². The Hall–Kier alpha value is -1.70. The molecule has 3 rings (SSSR count). The van der Waals surface area contributed by atoms with Gasteiger partial charge in [-0.1, -0.05) is 41.1 Å². The number of carbonyl (C=O) groups excluding carboxylic acids is 1. The fourth-order valence-corrected chi connectivity index (χ4v) is 5.10. The molecule has 0 aromatic heterocycles. The smallest absolute Gasteiger partial charge is 0.243 e. The number of halogens is 1. The quantitative estimate of drug-likeness (QED) is 0.746. The van der Waals surface area contributed by atoms with Gasteiger partial charge in [0.1, 0.15) is 0 Å². The Bertz CT molecular complexity index is 913. The first-order valence-corrected chi connectivity index (χ1v) is 11.3. The Morgan fingerprint density at radius 1 is 1.19 bits per heavy atom. The number of nitrogens with one attached hydrogen (secondary N) is 1. The second-order valence-corrected chi connectivity index (χ2v) is 9.51. The lowest BCUT2D eigenvalue weighted by Gasteiger charge is -2.31. The van der Waals surface area contributed by atoms with Crippen molar-refractivity contribution in [3.05, 3.63) is 58.6 Å². The van der Waals surface area contributed by atoms with E-state index in [1.807, 2.05) is 31.2 Å². The molecule has 2 aromatic carbocycles. The van der Waals surface area contributed by atoms with Crippen molar-refractivity contribution in [1.82, 2.24) is 4.31 Å². The minimum Gasteiger partial charge on any atom is -0.326 e. The van der Waals surface area contributed by atoms with Gasteiger partial charge in [-0.05, 0) is 55.2 Å². The van der Waals surface area contributed by atoms with Gasteiger partial charge in [-0.2, -0.15) is 4.31 Å². The summed E-state index contributed by atoms with van der Waals surface area (Å²) < 4.78 is 28.1. The first kappa shape index (κ1) is 20.0. The van der Waals surface area contributed by atoms with E-state index < -0.39 is 10.0 Å². The maximum atomic E-state index is 12.9. The van der Waals surface area contributed by atoms with Gasteiger partial charge in [0.25, 0.3) is 0 Å². The normalized spacial score (nSPS) is 18.2. The van der Waals surface area contributed by atoms with E-state index in [1.165, 1.54) is 4.31 Å². The number of sulfonamides is 1. The van der Waals surface area contributed by atoms with Gasteiger partial charge in [0.15, 0.2) is 0 Å². The van der Waals surface area contributed by atoms with Crippen LogP contribution in [-0.2, 0) is 21.2 Å². The lowest BCUT2D eigenvalue weighted by atomic mass is 9.98. The summed E-state index contributed by atoms with van der Waals surface area (Å²) in [5, 5.41) is 2.98. The van der Waals surface area contributed by atoms with Gasteiger partial charge < -0.3 is 5.32 Å². The minimum atomic E-state index is -3.60. The Labute approximate surface area is 169 Å². The molecule has 1 fully saturated rings. The molecule has 0 bridgehead atoms. The van der Waals surface area contributed by atoms with Gasteiger partial charge in [0.2, 0.25) is 15.9 Å². The lowest BCUT2D eigenvalue weighted by molar-refractivity contribution is -0.120. The second-order valence-electron chi connectivity index (χ2n) is 6.66. The number of rotatable bonds is 5. The third-order valence-electron chi connectivity index (χ3n) is 4.86. The molecule has 1 N–H and O–H groups in total. The Morgan fingerprint density at radius 2 is 1.89 bits per heavy atom. The number of hydrogen-bond acceptors (Lipinski definition) is 3. The van der Waals surface area contributed by atoms with E-state index in [2.05, 4.69) is 21.2 Å². The number of carbonyl (C=O) groups is 1. The summed E-state index contributed by atoms with van der Waals surface area (Å²) in [5.41, 5.74) is 1.87. The van der Waals surface area contributed by atoms with Crippen LogP contribution in [0.15, 0.2) is 57.9 Å². The second kappa shape index (κ2) is 8.54. The molecule has 0 aliphatic carbocycles. The molecule has 1 heterocycles. The Morgan fingerprint density at radius 3 is 2.59 bits per heavy atom. The number of piperidine rings is 1. The predicted octanol–water partition coefficient (Wildman–Crippen LogP) is 4.05. The highest BCUT2D eigenvalue weighted by molar-refractivity contribution is 9.10. The first-order chi connectivity index (χ1) is 12.9. The number of para-hydroxylation sites is 1. The zero-order chi connectivity index (χ0) is 19.4. The largest absolute Gasteiger partial charge is 0.326 e. The van der Waals surface area contributed by atoms with Crippen LogP contribution in [0.2, 0.25) is 0 Å².